The lowest BCUT2D eigenvalue weighted by Crippen LogP contribution is -2.44. The standard InChI is InChI=1S/C20H31N5O2/c1-4-21-20(22-13-12-18(26)24(5-2)6-3)23-16-14-19(27)25(15-16)17-10-8-7-9-11-17/h7-11,16H,4-6,12-15H2,1-3H3,(H2,21,22,23). The molecule has 1 aromatic rings. The maximum Gasteiger partial charge on any atom is 0.229 e. The molecule has 1 fully saturated rings. The zero-order valence-corrected chi connectivity index (χ0v) is 16.6. The van der Waals surface area contributed by atoms with Gasteiger partial charge in [-0.25, -0.2) is 0 Å². The van der Waals surface area contributed by atoms with Crippen LogP contribution in [0.1, 0.15) is 33.6 Å². The van der Waals surface area contributed by atoms with E-state index in [0.29, 0.717) is 31.9 Å². The summed E-state index contributed by atoms with van der Waals surface area (Å²) in [5.41, 5.74) is 0.915. The molecule has 0 radical (unpaired) electrons. The maximum absolute atomic E-state index is 12.3. The van der Waals surface area contributed by atoms with E-state index in [1.807, 2.05) is 56.0 Å². The van der Waals surface area contributed by atoms with Crippen LogP contribution in [0.5, 0.6) is 0 Å². The number of para-hydroxylation sites is 1. The average Bonchev–Trinajstić information content (AvgIpc) is 3.03. The molecule has 1 saturated heterocycles. The van der Waals surface area contributed by atoms with Crippen molar-refractivity contribution in [3.8, 4) is 0 Å². The molecule has 0 saturated carbocycles. The van der Waals surface area contributed by atoms with E-state index in [1.54, 1.807) is 4.90 Å². The highest BCUT2D eigenvalue weighted by Gasteiger charge is 2.31. The predicted octanol–water partition coefficient (Wildman–Crippen LogP) is 1.61. The third-order valence-electron chi connectivity index (χ3n) is 4.59. The van der Waals surface area contributed by atoms with E-state index in [-0.39, 0.29) is 17.9 Å². The minimum atomic E-state index is -0.00557. The Morgan fingerprint density at radius 2 is 1.93 bits per heavy atom. The summed E-state index contributed by atoms with van der Waals surface area (Å²) < 4.78 is 0. The van der Waals surface area contributed by atoms with Crippen molar-refractivity contribution in [3.05, 3.63) is 30.3 Å². The highest BCUT2D eigenvalue weighted by atomic mass is 16.2. The first-order valence-electron chi connectivity index (χ1n) is 9.77. The predicted molar refractivity (Wildman–Crippen MR) is 109 cm³/mol. The van der Waals surface area contributed by atoms with Gasteiger partial charge in [0.15, 0.2) is 5.96 Å². The minimum Gasteiger partial charge on any atom is -0.357 e. The summed E-state index contributed by atoms with van der Waals surface area (Å²) in [5, 5.41) is 6.52. The quantitative estimate of drug-likeness (QED) is 0.536. The number of carbonyl (C=O) groups excluding carboxylic acids is 2. The molecule has 1 aromatic carbocycles. The summed E-state index contributed by atoms with van der Waals surface area (Å²) in [6.45, 7) is 9.14. The van der Waals surface area contributed by atoms with Crippen LogP contribution in [0.3, 0.4) is 0 Å². The van der Waals surface area contributed by atoms with E-state index < -0.39 is 0 Å². The molecule has 1 unspecified atom stereocenters. The van der Waals surface area contributed by atoms with E-state index in [4.69, 9.17) is 0 Å². The lowest BCUT2D eigenvalue weighted by atomic mass is 10.2. The van der Waals surface area contributed by atoms with Crippen molar-refractivity contribution in [1.29, 1.82) is 0 Å². The second kappa shape index (κ2) is 10.5. The Balaban J connectivity index is 1.92. The summed E-state index contributed by atoms with van der Waals surface area (Å²) in [7, 11) is 0. The van der Waals surface area contributed by atoms with Crippen molar-refractivity contribution < 1.29 is 9.59 Å². The summed E-state index contributed by atoms with van der Waals surface area (Å²) in [4.78, 5) is 32.6. The minimum absolute atomic E-state index is 0.00557. The first-order chi connectivity index (χ1) is 13.1. The summed E-state index contributed by atoms with van der Waals surface area (Å²) in [6, 6.07) is 9.68. The fourth-order valence-corrected chi connectivity index (χ4v) is 3.17. The van der Waals surface area contributed by atoms with Gasteiger partial charge < -0.3 is 20.4 Å². The first-order valence-corrected chi connectivity index (χ1v) is 9.77. The average molecular weight is 374 g/mol. The Morgan fingerprint density at radius 3 is 2.56 bits per heavy atom. The van der Waals surface area contributed by atoms with Gasteiger partial charge in [0.2, 0.25) is 11.8 Å². The molecule has 0 bridgehead atoms. The molecule has 0 aromatic heterocycles. The number of hydrogen-bond acceptors (Lipinski definition) is 3. The van der Waals surface area contributed by atoms with Crippen molar-refractivity contribution in [2.24, 2.45) is 4.99 Å². The van der Waals surface area contributed by atoms with Crippen LogP contribution in [0.4, 0.5) is 5.69 Å². The molecule has 1 atom stereocenters. The normalized spacial score (nSPS) is 17.1. The number of rotatable bonds is 8. The molecule has 1 aliphatic heterocycles. The van der Waals surface area contributed by atoms with Crippen LogP contribution >= 0.6 is 0 Å². The second-order valence-corrected chi connectivity index (χ2v) is 6.46. The van der Waals surface area contributed by atoms with Gasteiger partial charge in [-0.15, -0.1) is 0 Å². The Kier molecular flexibility index (Phi) is 8.10. The first kappa shape index (κ1) is 20.7. The molecule has 2 amide bonds. The second-order valence-electron chi connectivity index (χ2n) is 6.46. The van der Waals surface area contributed by atoms with Gasteiger partial charge in [-0.1, -0.05) is 18.2 Å². The third-order valence-corrected chi connectivity index (χ3v) is 4.59. The molecule has 0 aliphatic carbocycles. The summed E-state index contributed by atoms with van der Waals surface area (Å²) in [6.07, 6.45) is 0.815. The molecular formula is C20H31N5O2. The molecule has 0 spiro atoms. The molecule has 148 valence electrons. The lowest BCUT2D eigenvalue weighted by Gasteiger charge is -2.19. The Hall–Kier alpha value is -2.57. The zero-order chi connectivity index (χ0) is 19.6. The van der Waals surface area contributed by atoms with Gasteiger partial charge in [0.05, 0.1) is 12.6 Å². The zero-order valence-electron chi connectivity index (χ0n) is 16.6. The Morgan fingerprint density at radius 1 is 1.22 bits per heavy atom. The molecule has 2 N–H and O–H groups in total. The number of nitrogens with zero attached hydrogens (tertiary/aromatic N) is 3. The van der Waals surface area contributed by atoms with E-state index >= 15 is 0 Å². The largest absolute Gasteiger partial charge is 0.357 e. The Bertz CT molecular complexity index is 643. The van der Waals surface area contributed by atoms with Crippen LogP contribution in [-0.4, -0.2) is 61.4 Å². The van der Waals surface area contributed by atoms with Crippen molar-refractivity contribution in [1.82, 2.24) is 15.5 Å². The van der Waals surface area contributed by atoms with Crippen molar-refractivity contribution in [2.75, 3.05) is 37.6 Å². The van der Waals surface area contributed by atoms with Crippen molar-refractivity contribution in [3.63, 3.8) is 0 Å². The van der Waals surface area contributed by atoms with Gasteiger partial charge in [-0.3, -0.25) is 14.6 Å². The number of carbonyl (C=O) groups is 2. The van der Waals surface area contributed by atoms with Crippen molar-refractivity contribution >= 4 is 23.5 Å². The number of aliphatic imine (C=N–C) groups is 1. The number of benzene rings is 1. The third kappa shape index (κ3) is 5.98. The molecule has 1 heterocycles. The molecule has 7 heteroatoms. The van der Waals surface area contributed by atoms with Crippen LogP contribution in [0.2, 0.25) is 0 Å². The van der Waals surface area contributed by atoms with Gasteiger partial charge in [-0.05, 0) is 32.9 Å². The van der Waals surface area contributed by atoms with Gasteiger partial charge in [0.1, 0.15) is 0 Å². The van der Waals surface area contributed by atoms with E-state index in [9.17, 15) is 9.59 Å². The monoisotopic (exact) mass is 373 g/mol. The number of hydrogen-bond donors (Lipinski definition) is 2. The van der Waals surface area contributed by atoms with E-state index in [2.05, 4.69) is 15.6 Å². The Labute approximate surface area is 161 Å². The fraction of sp³-hybridized carbons (Fsp3) is 0.550. The topological polar surface area (TPSA) is 77.0 Å². The lowest BCUT2D eigenvalue weighted by molar-refractivity contribution is -0.130. The van der Waals surface area contributed by atoms with Crippen LogP contribution in [0.15, 0.2) is 35.3 Å². The molecule has 1 aliphatic rings. The van der Waals surface area contributed by atoms with E-state index in [1.165, 1.54) is 0 Å². The molecule has 2 rings (SSSR count). The molecular weight excluding hydrogens is 342 g/mol. The SMILES string of the molecule is CCNC(=NCCC(=O)N(CC)CC)NC1CC(=O)N(c2ccccc2)C1. The number of amides is 2. The fourth-order valence-electron chi connectivity index (χ4n) is 3.17. The highest BCUT2D eigenvalue weighted by Crippen LogP contribution is 2.20. The van der Waals surface area contributed by atoms with E-state index in [0.717, 1.165) is 25.3 Å². The van der Waals surface area contributed by atoms with Crippen LogP contribution in [0.25, 0.3) is 0 Å². The van der Waals surface area contributed by atoms with Gasteiger partial charge in [-0.2, -0.15) is 0 Å². The van der Waals surface area contributed by atoms with Crippen LogP contribution in [0, 0.1) is 0 Å². The summed E-state index contributed by atoms with van der Waals surface area (Å²) >= 11 is 0. The van der Waals surface area contributed by atoms with Gasteiger partial charge in [0, 0.05) is 44.7 Å². The molecule has 7 nitrogen and oxygen atoms in total. The van der Waals surface area contributed by atoms with Crippen LogP contribution in [-0.2, 0) is 9.59 Å². The molecule has 27 heavy (non-hydrogen) atoms. The number of guanidine groups is 1. The maximum atomic E-state index is 12.3. The number of anilines is 1. The number of nitrogens with one attached hydrogen (secondary N) is 2. The summed E-state index contributed by atoms with van der Waals surface area (Å²) in [5.74, 6) is 0.870. The highest BCUT2D eigenvalue weighted by molar-refractivity contribution is 5.97. The van der Waals surface area contributed by atoms with Crippen molar-refractivity contribution in [2.45, 2.75) is 39.7 Å². The van der Waals surface area contributed by atoms with Gasteiger partial charge >= 0.3 is 0 Å². The van der Waals surface area contributed by atoms with Gasteiger partial charge in [0.25, 0.3) is 0 Å². The van der Waals surface area contributed by atoms with Crippen LogP contribution < -0.4 is 15.5 Å². The smallest absolute Gasteiger partial charge is 0.229 e.